The normalized spacial score (nSPS) is 15.1. The molecule has 0 atom stereocenters. The quantitative estimate of drug-likeness (QED) is 0.924. The zero-order chi connectivity index (χ0) is 12.7. The highest BCUT2D eigenvalue weighted by Crippen LogP contribution is 2.44. The summed E-state index contributed by atoms with van der Waals surface area (Å²) in [6.45, 7) is 0.375. The molecule has 2 aromatic rings. The summed E-state index contributed by atoms with van der Waals surface area (Å²) >= 11 is 1.29. The predicted octanol–water partition coefficient (Wildman–Crippen LogP) is 3.42. The number of thiazole rings is 1. The first kappa shape index (κ1) is 11.7. The van der Waals surface area contributed by atoms with Crippen LogP contribution >= 0.6 is 11.3 Å². The maximum atomic E-state index is 13.7. The molecule has 0 radical (unpaired) electrons. The van der Waals surface area contributed by atoms with Crippen molar-refractivity contribution in [3.63, 3.8) is 0 Å². The van der Waals surface area contributed by atoms with Crippen molar-refractivity contribution in [3.05, 3.63) is 40.4 Å². The van der Waals surface area contributed by atoms with Crippen molar-refractivity contribution in [1.82, 2.24) is 4.98 Å². The Balaban J connectivity index is 2.11. The van der Waals surface area contributed by atoms with Gasteiger partial charge in [0.05, 0.1) is 11.3 Å². The lowest BCUT2D eigenvalue weighted by Crippen LogP contribution is -1.96. The molecule has 0 aliphatic heterocycles. The molecule has 0 bridgehead atoms. The van der Waals surface area contributed by atoms with Gasteiger partial charge < -0.3 is 5.73 Å². The Kier molecular flexibility index (Phi) is 2.87. The first-order valence-corrected chi connectivity index (χ1v) is 6.66. The molecule has 1 saturated carbocycles. The largest absolute Gasteiger partial charge is 0.326 e. The molecule has 2 nitrogen and oxygen atoms in total. The van der Waals surface area contributed by atoms with Gasteiger partial charge in [-0.05, 0) is 25.0 Å². The summed E-state index contributed by atoms with van der Waals surface area (Å²) < 4.78 is 27.4. The summed E-state index contributed by atoms with van der Waals surface area (Å²) in [5.74, 6) is -0.715. The maximum absolute atomic E-state index is 13.7. The van der Waals surface area contributed by atoms with E-state index >= 15 is 0 Å². The summed E-state index contributed by atoms with van der Waals surface area (Å²) in [5.41, 5.74) is 6.56. The van der Waals surface area contributed by atoms with Crippen molar-refractivity contribution in [2.45, 2.75) is 25.3 Å². The number of benzene rings is 1. The molecule has 1 aliphatic carbocycles. The zero-order valence-electron chi connectivity index (χ0n) is 9.62. The second-order valence-corrected chi connectivity index (χ2v) is 5.49. The molecular weight excluding hydrogens is 254 g/mol. The lowest BCUT2D eigenvalue weighted by Gasteiger charge is -1.99. The minimum absolute atomic E-state index is 0.0379. The van der Waals surface area contributed by atoms with Crippen LogP contribution in [-0.4, -0.2) is 4.98 Å². The molecule has 1 aromatic carbocycles. The SMILES string of the molecule is NCc1sc(-c2c(F)cccc2F)nc1C1CC1. The van der Waals surface area contributed by atoms with Crippen molar-refractivity contribution in [2.75, 3.05) is 0 Å². The highest BCUT2D eigenvalue weighted by molar-refractivity contribution is 7.15. The molecule has 1 aromatic heterocycles. The molecule has 0 spiro atoms. The summed E-state index contributed by atoms with van der Waals surface area (Å²) in [7, 11) is 0. The third-order valence-corrected chi connectivity index (χ3v) is 4.16. The number of nitrogens with zero attached hydrogens (tertiary/aromatic N) is 1. The standard InChI is InChI=1S/C13H12F2N2S/c14-8-2-1-3-9(15)11(8)13-17-12(7-4-5-7)10(6-16)18-13/h1-3,7H,4-6,16H2. The third kappa shape index (κ3) is 1.93. The fourth-order valence-corrected chi connectivity index (χ4v) is 3.07. The first-order valence-electron chi connectivity index (χ1n) is 5.84. The Bertz CT molecular complexity index is 570. The highest BCUT2D eigenvalue weighted by Gasteiger charge is 2.30. The summed E-state index contributed by atoms with van der Waals surface area (Å²) in [6.07, 6.45) is 2.19. The number of aromatic nitrogens is 1. The van der Waals surface area contributed by atoms with E-state index in [-0.39, 0.29) is 5.56 Å². The average Bonchev–Trinajstić information content (AvgIpc) is 3.10. The van der Waals surface area contributed by atoms with E-state index in [2.05, 4.69) is 4.98 Å². The molecular formula is C13H12F2N2S. The molecule has 1 fully saturated rings. The molecule has 1 aliphatic rings. The molecule has 3 rings (SSSR count). The summed E-state index contributed by atoms with van der Waals surface area (Å²) in [4.78, 5) is 5.33. The lowest BCUT2D eigenvalue weighted by molar-refractivity contribution is 0.589. The Morgan fingerprint density at radius 3 is 2.50 bits per heavy atom. The van der Waals surface area contributed by atoms with Gasteiger partial charge in [-0.1, -0.05) is 6.07 Å². The monoisotopic (exact) mass is 266 g/mol. The molecule has 2 N–H and O–H groups in total. The van der Waals surface area contributed by atoms with Crippen molar-refractivity contribution in [2.24, 2.45) is 5.73 Å². The van der Waals surface area contributed by atoms with E-state index in [1.165, 1.54) is 29.5 Å². The van der Waals surface area contributed by atoms with Crippen molar-refractivity contribution in [1.29, 1.82) is 0 Å². The van der Waals surface area contributed by atoms with Crippen LogP contribution in [0, 0.1) is 11.6 Å². The second-order valence-electron chi connectivity index (χ2n) is 4.40. The third-order valence-electron chi connectivity index (χ3n) is 3.05. The molecule has 18 heavy (non-hydrogen) atoms. The number of nitrogens with two attached hydrogens (primary N) is 1. The fourth-order valence-electron chi connectivity index (χ4n) is 1.99. The van der Waals surface area contributed by atoms with Crippen LogP contribution in [0.4, 0.5) is 8.78 Å². The van der Waals surface area contributed by atoms with Gasteiger partial charge in [0.25, 0.3) is 0 Å². The van der Waals surface area contributed by atoms with Gasteiger partial charge in [0.15, 0.2) is 0 Å². The van der Waals surface area contributed by atoms with Crippen LogP contribution in [-0.2, 0) is 6.54 Å². The van der Waals surface area contributed by atoms with E-state index in [1.807, 2.05) is 0 Å². The van der Waals surface area contributed by atoms with E-state index < -0.39 is 11.6 Å². The summed E-state index contributed by atoms with van der Waals surface area (Å²) in [5, 5.41) is 0.396. The minimum Gasteiger partial charge on any atom is -0.326 e. The number of hydrogen-bond donors (Lipinski definition) is 1. The molecule has 1 heterocycles. The van der Waals surface area contributed by atoms with Gasteiger partial charge in [-0.2, -0.15) is 0 Å². The van der Waals surface area contributed by atoms with Crippen LogP contribution < -0.4 is 5.73 Å². The first-order chi connectivity index (χ1) is 8.70. The zero-order valence-corrected chi connectivity index (χ0v) is 10.4. The Morgan fingerprint density at radius 1 is 1.28 bits per heavy atom. The number of rotatable bonds is 3. The van der Waals surface area contributed by atoms with Crippen LogP contribution in [0.15, 0.2) is 18.2 Å². The Labute approximate surface area is 107 Å². The predicted molar refractivity (Wildman–Crippen MR) is 67.3 cm³/mol. The molecule has 0 unspecified atom stereocenters. The second kappa shape index (κ2) is 4.40. The van der Waals surface area contributed by atoms with Gasteiger partial charge in [-0.3, -0.25) is 0 Å². The topological polar surface area (TPSA) is 38.9 Å². The van der Waals surface area contributed by atoms with Crippen LogP contribution in [0.5, 0.6) is 0 Å². The molecule has 5 heteroatoms. The van der Waals surface area contributed by atoms with Crippen LogP contribution in [0.2, 0.25) is 0 Å². The van der Waals surface area contributed by atoms with E-state index in [0.717, 1.165) is 23.4 Å². The van der Waals surface area contributed by atoms with Gasteiger partial charge in [0, 0.05) is 17.3 Å². The van der Waals surface area contributed by atoms with E-state index in [4.69, 9.17) is 5.73 Å². The van der Waals surface area contributed by atoms with Crippen LogP contribution in [0.25, 0.3) is 10.6 Å². The average molecular weight is 266 g/mol. The number of halogens is 2. The highest BCUT2D eigenvalue weighted by atomic mass is 32.1. The van der Waals surface area contributed by atoms with Crippen molar-refractivity contribution in [3.8, 4) is 10.6 Å². The van der Waals surface area contributed by atoms with E-state index in [0.29, 0.717) is 17.5 Å². The minimum atomic E-state index is -0.574. The van der Waals surface area contributed by atoms with Gasteiger partial charge >= 0.3 is 0 Å². The fraction of sp³-hybridized carbons (Fsp3) is 0.308. The molecule has 94 valence electrons. The van der Waals surface area contributed by atoms with Crippen LogP contribution in [0.1, 0.15) is 29.3 Å². The van der Waals surface area contributed by atoms with Gasteiger partial charge in [-0.25, -0.2) is 13.8 Å². The molecule has 0 amide bonds. The number of hydrogen-bond acceptors (Lipinski definition) is 3. The Morgan fingerprint density at radius 2 is 1.94 bits per heavy atom. The van der Waals surface area contributed by atoms with E-state index in [1.54, 1.807) is 0 Å². The lowest BCUT2D eigenvalue weighted by atomic mass is 10.2. The van der Waals surface area contributed by atoms with Gasteiger partial charge in [0.1, 0.15) is 16.6 Å². The van der Waals surface area contributed by atoms with E-state index in [9.17, 15) is 8.78 Å². The Hall–Kier alpha value is -1.33. The maximum Gasteiger partial charge on any atom is 0.136 e. The smallest absolute Gasteiger partial charge is 0.136 e. The van der Waals surface area contributed by atoms with Gasteiger partial charge in [0.2, 0.25) is 0 Å². The van der Waals surface area contributed by atoms with Crippen molar-refractivity contribution >= 4 is 11.3 Å². The van der Waals surface area contributed by atoms with Crippen LogP contribution in [0.3, 0.4) is 0 Å². The van der Waals surface area contributed by atoms with Gasteiger partial charge in [-0.15, -0.1) is 11.3 Å². The molecule has 0 saturated heterocycles. The van der Waals surface area contributed by atoms with Crippen molar-refractivity contribution < 1.29 is 8.78 Å². The summed E-state index contributed by atoms with van der Waals surface area (Å²) in [6, 6.07) is 3.85.